The molecule has 0 saturated heterocycles. The summed E-state index contributed by atoms with van der Waals surface area (Å²) >= 11 is 0. The molecule has 5 heteroatoms. The average molecular weight is 327 g/mol. The van der Waals surface area contributed by atoms with Gasteiger partial charge in [0, 0.05) is 18.1 Å². The summed E-state index contributed by atoms with van der Waals surface area (Å²) in [4.78, 5) is 22.6. The van der Waals surface area contributed by atoms with Gasteiger partial charge in [0.05, 0.1) is 10.5 Å². The van der Waals surface area contributed by atoms with Gasteiger partial charge in [-0.2, -0.15) is 0 Å². The average Bonchev–Trinajstić information content (AvgIpc) is 3.33. The van der Waals surface area contributed by atoms with Crippen molar-refractivity contribution in [3.05, 3.63) is 63.9 Å². The molecule has 5 nitrogen and oxygen atoms in total. The smallest absolute Gasteiger partial charge is 0.343 e. The van der Waals surface area contributed by atoms with Gasteiger partial charge in [0.25, 0.3) is 5.69 Å². The quantitative estimate of drug-likeness (QED) is 0.342. The number of carbonyl (C=O) groups is 1. The van der Waals surface area contributed by atoms with Crippen LogP contribution in [0.2, 0.25) is 0 Å². The Kier molecular flexibility index (Phi) is 4.03. The Morgan fingerprint density at radius 1 is 1.42 bits per heavy atom. The van der Waals surface area contributed by atoms with Crippen LogP contribution in [-0.2, 0) is 4.74 Å². The Balaban J connectivity index is 1.81. The topological polar surface area (TPSA) is 69.4 Å². The first-order valence-corrected chi connectivity index (χ1v) is 8.13. The van der Waals surface area contributed by atoms with Gasteiger partial charge in [-0.1, -0.05) is 19.9 Å². The maximum atomic E-state index is 12.4. The van der Waals surface area contributed by atoms with Crippen LogP contribution in [0.3, 0.4) is 0 Å². The number of rotatable bonds is 5. The van der Waals surface area contributed by atoms with Gasteiger partial charge in [-0.3, -0.25) is 10.1 Å². The molecule has 0 radical (unpaired) electrons. The van der Waals surface area contributed by atoms with E-state index in [0.717, 1.165) is 30.6 Å². The minimum atomic E-state index is -0.488. The number of fused-ring (bicyclic) bond motifs is 1. The summed E-state index contributed by atoms with van der Waals surface area (Å²) in [6.45, 7) is 8.32. The highest BCUT2D eigenvalue weighted by Gasteiger charge is 2.54. The van der Waals surface area contributed by atoms with Gasteiger partial charge in [0.2, 0.25) is 0 Å². The molecule has 1 saturated carbocycles. The number of carbonyl (C=O) groups excluding carboxylic acids is 1. The number of ether oxygens (including phenoxy) is 1. The number of benzene rings is 1. The lowest BCUT2D eigenvalue weighted by Gasteiger charge is -2.32. The van der Waals surface area contributed by atoms with E-state index in [4.69, 9.17) is 4.74 Å². The normalized spacial score (nSPS) is 24.1. The molecule has 0 bridgehead atoms. The van der Waals surface area contributed by atoms with Gasteiger partial charge in [-0.25, -0.2) is 4.79 Å². The van der Waals surface area contributed by atoms with Crippen LogP contribution >= 0.6 is 0 Å². The number of hydrogen-bond donors (Lipinski definition) is 0. The molecule has 0 N–H and O–H groups in total. The predicted octanol–water partition coefficient (Wildman–Crippen LogP) is 4.65. The molecule has 1 aromatic rings. The summed E-state index contributed by atoms with van der Waals surface area (Å²) in [5.41, 5.74) is 1.66. The molecule has 126 valence electrons. The Hall–Kier alpha value is -2.43. The Bertz CT molecular complexity index is 730. The second kappa shape index (κ2) is 5.89. The summed E-state index contributed by atoms with van der Waals surface area (Å²) in [5.74, 6) is 1.21. The van der Waals surface area contributed by atoms with E-state index in [9.17, 15) is 14.9 Å². The number of esters is 1. The maximum absolute atomic E-state index is 12.4. The number of non-ortho nitro benzene ring substituents is 1. The molecular weight excluding hydrogens is 306 g/mol. The van der Waals surface area contributed by atoms with E-state index >= 15 is 0 Å². The second-order valence-electron chi connectivity index (χ2n) is 7.27. The molecule has 0 spiro atoms. The standard InChI is InChI=1S/C19H21NO4/c1-4-5-13-11-19(2,3)16-10-15(16)17(13)24-18(21)12-6-8-14(9-7-12)20(22)23/h4,6-9,15-16H,1,5,10-11H2,2-3H3. The molecule has 0 amide bonds. The van der Waals surface area contributed by atoms with E-state index in [1.54, 1.807) is 0 Å². The van der Waals surface area contributed by atoms with Crippen molar-refractivity contribution in [3.8, 4) is 0 Å². The molecule has 3 rings (SSSR count). The molecule has 2 aliphatic rings. The van der Waals surface area contributed by atoms with E-state index < -0.39 is 10.9 Å². The molecule has 0 heterocycles. The lowest BCUT2D eigenvalue weighted by Crippen LogP contribution is -2.23. The summed E-state index contributed by atoms with van der Waals surface area (Å²) in [6.07, 6.45) is 4.52. The number of nitrogens with zero attached hydrogens (tertiary/aromatic N) is 1. The van der Waals surface area contributed by atoms with E-state index in [0.29, 0.717) is 17.4 Å². The molecule has 0 aromatic heterocycles. The summed E-state index contributed by atoms with van der Waals surface area (Å²) in [5, 5.41) is 10.7. The fourth-order valence-electron chi connectivity index (χ4n) is 3.75. The minimum absolute atomic E-state index is 0.0419. The van der Waals surface area contributed by atoms with Crippen molar-refractivity contribution in [1.29, 1.82) is 0 Å². The number of allylic oxidation sites excluding steroid dienone is 3. The van der Waals surface area contributed by atoms with Gasteiger partial charge in [0.1, 0.15) is 5.76 Å². The highest BCUT2D eigenvalue weighted by molar-refractivity contribution is 5.90. The van der Waals surface area contributed by atoms with E-state index in [1.807, 2.05) is 6.08 Å². The van der Waals surface area contributed by atoms with Gasteiger partial charge >= 0.3 is 5.97 Å². The SMILES string of the molecule is C=CCC1=C(OC(=O)c2ccc([N+](=O)[O-])cc2)C2CC2C(C)(C)C1. The number of nitro benzene ring substituents is 1. The second-order valence-corrected chi connectivity index (χ2v) is 7.27. The first kappa shape index (κ1) is 16.4. The van der Waals surface area contributed by atoms with Crippen molar-refractivity contribution < 1.29 is 14.5 Å². The zero-order valence-electron chi connectivity index (χ0n) is 14.0. The van der Waals surface area contributed by atoms with Gasteiger partial charge < -0.3 is 4.74 Å². The van der Waals surface area contributed by atoms with Crippen LogP contribution in [-0.4, -0.2) is 10.9 Å². The summed E-state index contributed by atoms with van der Waals surface area (Å²) in [7, 11) is 0. The first-order valence-electron chi connectivity index (χ1n) is 8.13. The van der Waals surface area contributed by atoms with Crippen LogP contribution in [0.15, 0.2) is 48.3 Å². The maximum Gasteiger partial charge on any atom is 0.343 e. The molecule has 2 aliphatic carbocycles. The van der Waals surface area contributed by atoms with Crippen LogP contribution in [0.4, 0.5) is 5.69 Å². The summed E-state index contributed by atoms with van der Waals surface area (Å²) in [6, 6.07) is 5.51. The third-order valence-electron chi connectivity index (χ3n) is 5.06. The van der Waals surface area contributed by atoms with Crippen molar-refractivity contribution in [1.82, 2.24) is 0 Å². The largest absolute Gasteiger partial charge is 0.427 e. The van der Waals surface area contributed by atoms with Crippen molar-refractivity contribution in [2.24, 2.45) is 17.3 Å². The van der Waals surface area contributed by atoms with Gasteiger partial charge in [-0.05, 0) is 48.3 Å². The zero-order chi connectivity index (χ0) is 17.5. The van der Waals surface area contributed by atoms with Gasteiger partial charge in [-0.15, -0.1) is 6.58 Å². The third kappa shape index (κ3) is 2.98. The third-order valence-corrected chi connectivity index (χ3v) is 5.06. The highest BCUT2D eigenvalue weighted by Crippen LogP contribution is 2.61. The zero-order valence-corrected chi connectivity index (χ0v) is 14.0. The van der Waals surface area contributed by atoms with Crippen molar-refractivity contribution >= 4 is 11.7 Å². The Morgan fingerprint density at radius 3 is 2.67 bits per heavy atom. The lowest BCUT2D eigenvalue weighted by molar-refractivity contribution is -0.384. The van der Waals surface area contributed by atoms with Crippen LogP contribution in [0.25, 0.3) is 0 Å². The fraction of sp³-hybridized carbons (Fsp3) is 0.421. The molecule has 2 unspecified atom stereocenters. The van der Waals surface area contributed by atoms with Gasteiger partial charge in [0.15, 0.2) is 0 Å². The van der Waals surface area contributed by atoms with Crippen molar-refractivity contribution in [2.75, 3.05) is 0 Å². The van der Waals surface area contributed by atoms with Crippen LogP contribution in [0, 0.1) is 27.4 Å². The molecule has 2 atom stereocenters. The van der Waals surface area contributed by atoms with Crippen LogP contribution in [0.1, 0.15) is 43.5 Å². The van der Waals surface area contributed by atoms with Crippen molar-refractivity contribution in [2.45, 2.75) is 33.1 Å². The molecular formula is C19H21NO4. The highest BCUT2D eigenvalue weighted by atomic mass is 16.6. The van der Waals surface area contributed by atoms with E-state index in [-0.39, 0.29) is 11.1 Å². The van der Waals surface area contributed by atoms with E-state index in [2.05, 4.69) is 20.4 Å². The number of hydrogen-bond acceptors (Lipinski definition) is 4. The Morgan fingerprint density at radius 2 is 2.08 bits per heavy atom. The monoisotopic (exact) mass is 327 g/mol. The number of nitro groups is 1. The van der Waals surface area contributed by atoms with Crippen LogP contribution < -0.4 is 0 Å². The predicted molar refractivity (Wildman–Crippen MR) is 90.3 cm³/mol. The van der Waals surface area contributed by atoms with Crippen LogP contribution in [0.5, 0.6) is 0 Å². The molecule has 24 heavy (non-hydrogen) atoms. The lowest BCUT2D eigenvalue weighted by atomic mass is 9.75. The molecule has 0 aliphatic heterocycles. The molecule has 1 fully saturated rings. The van der Waals surface area contributed by atoms with E-state index in [1.165, 1.54) is 24.3 Å². The van der Waals surface area contributed by atoms with Crippen molar-refractivity contribution in [3.63, 3.8) is 0 Å². The summed E-state index contributed by atoms with van der Waals surface area (Å²) < 4.78 is 5.71. The first-order chi connectivity index (χ1) is 11.3. The Labute approximate surface area is 141 Å². The minimum Gasteiger partial charge on any atom is -0.427 e. The fourth-order valence-corrected chi connectivity index (χ4v) is 3.75. The molecule has 1 aromatic carbocycles.